The third-order valence-corrected chi connectivity index (χ3v) is 7.98. The van der Waals surface area contributed by atoms with Crippen LogP contribution in [0.4, 0.5) is 0 Å². The maximum absolute atomic E-state index is 6.88. The first kappa shape index (κ1) is 19.0. The Bertz CT molecular complexity index is 1500. The Labute approximate surface area is 188 Å². The lowest BCUT2D eigenvalue weighted by Gasteiger charge is -2.24. The van der Waals surface area contributed by atoms with Gasteiger partial charge in [-0.1, -0.05) is 109 Å². The monoisotopic (exact) mass is 428 g/mol. The first-order chi connectivity index (χ1) is 15.9. The highest BCUT2D eigenvalue weighted by Crippen LogP contribution is 2.43. The molecule has 1 atom stereocenters. The van der Waals surface area contributed by atoms with E-state index in [1.54, 1.807) is 0 Å². The van der Waals surface area contributed by atoms with Crippen LogP contribution in [0.3, 0.4) is 0 Å². The Kier molecular flexibility index (Phi) is 4.83. The molecule has 0 radical (unpaired) electrons. The number of benzene rings is 6. The van der Waals surface area contributed by atoms with Gasteiger partial charge in [-0.15, -0.1) is 0 Å². The molecule has 2 heteroatoms. The van der Waals surface area contributed by atoms with E-state index in [4.69, 9.17) is 4.52 Å². The Morgan fingerprint density at radius 1 is 0.438 bits per heavy atom. The van der Waals surface area contributed by atoms with Crippen molar-refractivity contribution in [3.8, 4) is 5.75 Å². The molecule has 0 amide bonds. The van der Waals surface area contributed by atoms with Gasteiger partial charge in [0.1, 0.15) is 5.75 Å². The van der Waals surface area contributed by atoms with Crippen molar-refractivity contribution in [2.45, 2.75) is 0 Å². The SMILES string of the molecule is c1ccc(OP(c2cccc3ccccc23)c2c3ccccc3cc3ccccc23)cc1. The van der Waals surface area contributed by atoms with Crippen molar-refractivity contribution in [1.82, 2.24) is 0 Å². The third kappa shape index (κ3) is 3.32. The summed E-state index contributed by atoms with van der Waals surface area (Å²) < 4.78 is 6.88. The van der Waals surface area contributed by atoms with Crippen LogP contribution in [-0.2, 0) is 0 Å². The Morgan fingerprint density at radius 3 is 1.66 bits per heavy atom. The number of hydrogen-bond acceptors (Lipinski definition) is 1. The van der Waals surface area contributed by atoms with Crippen LogP contribution in [0.15, 0.2) is 127 Å². The first-order valence-corrected chi connectivity index (χ1v) is 12.1. The average Bonchev–Trinajstić information content (AvgIpc) is 2.86. The summed E-state index contributed by atoms with van der Waals surface area (Å²) in [6, 6.07) is 45.0. The number of rotatable bonds is 4. The second kappa shape index (κ2) is 8.11. The predicted molar refractivity (Wildman–Crippen MR) is 139 cm³/mol. The minimum atomic E-state index is -1.13. The quantitative estimate of drug-likeness (QED) is 0.208. The van der Waals surface area contributed by atoms with Crippen LogP contribution in [0.5, 0.6) is 5.75 Å². The lowest BCUT2D eigenvalue weighted by molar-refractivity contribution is 0.630. The van der Waals surface area contributed by atoms with Gasteiger partial charge in [0.05, 0.1) is 0 Å². The Morgan fingerprint density at radius 2 is 0.969 bits per heavy atom. The predicted octanol–water partition coefficient (Wildman–Crippen LogP) is 7.57. The standard InChI is InChI=1S/C30H21OP/c1-2-15-25(16-3-1)31-32(29-20-10-14-22-11-4-7-17-26(22)29)30-27-18-8-5-12-23(27)21-24-13-6-9-19-28(24)30/h1-21H. The van der Waals surface area contributed by atoms with E-state index in [0.717, 1.165) is 5.75 Å². The van der Waals surface area contributed by atoms with Gasteiger partial charge < -0.3 is 4.52 Å². The second-order valence-corrected chi connectivity index (χ2v) is 9.56. The van der Waals surface area contributed by atoms with Crippen molar-refractivity contribution in [2.75, 3.05) is 0 Å². The van der Waals surface area contributed by atoms with Gasteiger partial charge >= 0.3 is 0 Å². The van der Waals surface area contributed by atoms with Gasteiger partial charge in [-0.2, -0.15) is 0 Å². The summed E-state index contributed by atoms with van der Waals surface area (Å²) in [5, 5.41) is 9.98. The van der Waals surface area contributed by atoms with E-state index in [1.165, 1.54) is 42.9 Å². The molecule has 1 nitrogen and oxygen atoms in total. The molecule has 0 fully saturated rings. The van der Waals surface area contributed by atoms with E-state index in [2.05, 4.69) is 97.1 Å². The van der Waals surface area contributed by atoms with Crippen LogP contribution in [0.25, 0.3) is 32.3 Å². The fraction of sp³-hybridized carbons (Fsp3) is 0. The van der Waals surface area contributed by atoms with E-state index >= 15 is 0 Å². The highest BCUT2D eigenvalue weighted by Gasteiger charge is 2.24. The number of hydrogen-bond donors (Lipinski definition) is 0. The van der Waals surface area contributed by atoms with Gasteiger partial charge in [0.2, 0.25) is 0 Å². The third-order valence-electron chi connectivity index (χ3n) is 5.87. The molecule has 0 aliphatic carbocycles. The van der Waals surface area contributed by atoms with Gasteiger partial charge in [-0.05, 0) is 50.5 Å². The van der Waals surface area contributed by atoms with Gasteiger partial charge in [-0.3, -0.25) is 0 Å². The minimum Gasteiger partial charge on any atom is -0.464 e. The van der Waals surface area contributed by atoms with Crippen molar-refractivity contribution in [1.29, 1.82) is 0 Å². The highest BCUT2D eigenvalue weighted by atomic mass is 31.1. The lowest BCUT2D eigenvalue weighted by Crippen LogP contribution is -2.18. The molecule has 6 aromatic rings. The number of fused-ring (bicyclic) bond motifs is 3. The molecule has 0 spiro atoms. The minimum absolute atomic E-state index is 0.892. The molecule has 0 aliphatic rings. The molecule has 6 aromatic carbocycles. The van der Waals surface area contributed by atoms with Crippen molar-refractivity contribution in [3.05, 3.63) is 127 Å². The van der Waals surface area contributed by atoms with Crippen molar-refractivity contribution < 1.29 is 4.52 Å². The van der Waals surface area contributed by atoms with E-state index in [-0.39, 0.29) is 0 Å². The number of para-hydroxylation sites is 1. The van der Waals surface area contributed by atoms with Crippen LogP contribution in [0, 0.1) is 0 Å². The van der Waals surface area contributed by atoms with Crippen LogP contribution in [0.2, 0.25) is 0 Å². The molecular weight excluding hydrogens is 407 g/mol. The lowest BCUT2D eigenvalue weighted by atomic mass is 10.0. The first-order valence-electron chi connectivity index (χ1n) is 10.8. The van der Waals surface area contributed by atoms with Crippen LogP contribution in [0.1, 0.15) is 0 Å². The summed E-state index contributed by atoms with van der Waals surface area (Å²) in [6.07, 6.45) is 0. The van der Waals surface area contributed by atoms with Gasteiger partial charge in [0.25, 0.3) is 0 Å². The zero-order chi connectivity index (χ0) is 21.3. The fourth-order valence-corrected chi connectivity index (χ4v) is 6.65. The zero-order valence-corrected chi connectivity index (χ0v) is 18.4. The van der Waals surface area contributed by atoms with E-state index < -0.39 is 8.15 Å². The molecule has 6 rings (SSSR count). The summed E-state index contributed by atoms with van der Waals surface area (Å²) in [7, 11) is -1.13. The molecule has 0 saturated carbocycles. The van der Waals surface area contributed by atoms with E-state index in [0.29, 0.717) is 0 Å². The van der Waals surface area contributed by atoms with Crippen LogP contribution < -0.4 is 15.1 Å². The molecule has 0 aliphatic heterocycles. The van der Waals surface area contributed by atoms with Crippen molar-refractivity contribution in [2.24, 2.45) is 0 Å². The molecule has 152 valence electrons. The smallest absolute Gasteiger partial charge is 0.152 e. The molecule has 0 N–H and O–H groups in total. The zero-order valence-electron chi connectivity index (χ0n) is 17.5. The Balaban J connectivity index is 1.71. The maximum atomic E-state index is 6.88. The molecule has 0 heterocycles. The topological polar surface area (TPSA) is 9.23 Å². The molecule has 0 aromatic heterocycles. The largest absolute Gasteiger partial charge is 0.464 e. The summed E-state index contributed by atoms with van der Waals surface area (Å²) in [5.41, 5.74) is 0. The molecular formula is C30H21OP. The Hall–Kier alpha value is -3.67. The summed E-state index contributed by atoms with van der Waals surface area (Å²) >= 11 is 0. The highest BCUT2D eigenvalue weighted by molar-refractivity contribution is 7.70. The fourth-order valence-electron chi connectivity index (χ4n) is 4.40. The average molecular weight is 428 g/mol. The van der Waals surface area contributed by atoms with Gasteiger partial charge in [0, 0.05) is 10.6 Å². The molecule has 1 unspecified atom stereocenters. The summed E-state index contributed by atoms with van der Waals surface area (Å²) in [4.78, 5) is 0. The van der Waals surface area contributed by atoms with Crippen LogP contribution >= 0.6 is 8.15 Å². The normalized spacial score (nSPS) is 12.2. The van der Waals surface area contributed by atoms with Crippen molar-refractivity contribution >= 4 is 51.1 Å². The van der Waals surface area contributed by atoms with Gasteiger partial charge in [0.15, 0.2) is 8.15 Å². The van der Waals surface area contributed by atoms with Crippen molar-refractivity contribution in [3.63, 3.8) is 0 Å². The van der Waals surface area contributed by atoms with E-state index in [9.17, 15) is 0 Å². The van der Waals surface area contributed by atoms with E-state index in [1.807, 2.05) is 30.3 Å². The molecule has 0 bridgehead atoms. The second-order valence-electron chi connectivity index (χ2n) is 7.86. The summed E-state index contributed by atoms with van der Waals surface area (Å²) in [5.74, 6) is 0.892. The molecule has 32 heavy (non-hydrogen) atoms. The maximum Gasteiger partial charge on any atom is 0.152 e. The summed E-state index contributed by atoms with van der Waals surface area (Å²) in [6.45, 7) is 0. The van der Waals surface area contributed by atoms with Gasteiger partial charge in [-0.25, -0.2) is 0 Å². The molecule has 0 saturated heterocycles. The van der Waals surface area contributed by atoms with Crippen LogP contribution in [-0.4, -0.2) is 0 Å².